The maximum Gasteiger partial charge on any atom is 0.293 e. The van der Waals surface area contributed by atoms with E-state index < -0.39 is 15.9 Å². The molecule has 1 aliphatic rings. The minimum absolute atomic E-state index is 0.0580. The first-order valence-electron chi connectivity index (χ1n) is 7.49. The van der Waals surface area contributed by atoms with E-state index in [2.05, 4.69) is 15.4 Å². The average molecular weight is 354 g/mol. The number of amides is 1. The molecule has 1 aliphatic heterocycles. The van der Waals surface area contributed by atoms with Gasteiger partial charge in [-0.05, 0) is 6.42 Å². The summed E-state index contributed by atoms with van der Waals surface area (Å²) in [7, 11) is -3.48. The SMILES string of the molecule is CCc1cc(C(=O)N2CCOC[C@@H]2c2[nH]ncc2S(C)(=O)=O)on1. The Bertz CT molecular complexity index is 841. The maximum absolute atomic E-state index is 12.7. The molecule has 3 rings (SSSR count). The van der Waals surface area contributed by atoms with E-state index >= 15 is 0 Å². The fourth-order valence-electron chi connectivity index (χ4n) is 2.63. The molecule has 0 unspecified atom stereocenters. The lowest BCUT2D eigenvalue weighted by molar-refractivity contribution is -0.00660. The van der Waals surface area contributed by atoms with Crippen LogP contribution < -0.4 is 0 Å². The van der Waals surface area contributed by atoms with Gasteiger partial charge in [0.15, 0.2) is 9.84 Å². The standard InChI is InChI=1S/C14H18N4O5S/c1-3-9-6-11(23-17-9)14(19)18-4-5-22-8-10(18)13-12(7-15-16-13)24(2,20)21/h6-7,10H,3-5,8H2,1-2H3,(H,15,16)/t10-/m1/s1. The molecule has 1 atom stereocenters. The molecule has 3 heterocycles. The van der Waals surface area contributed by atoms with E-state index in [9.17, 15) is 13.2 Å². The number of carbonyl (C=O) groups is 1. The Kier molecular flexibility index (Phi) is 4.41. The Morgan fingerprint density at radius 1 is 1.50 bits per heavy atom. The molecular formula is C14H18N4O5S. The van der Waals surface area contributed by atoms with Crippen molar-refractivity contribution >= 4 is 15.7 Å². The number of aryl methyl sites for hydroxylation is 1. The number of ether oxygens (including phenoxy) is 1. The van der Waals surface area contributed by atoms with Gasteiger partial charge in [0.05, 0.1) is 36.8 Å². The molecule has 1 saturated heterocycles. The van der Waals surface area contributed by atoms with Crippen LogP contribution in [0.4, 0.5) is 0 Å². The molecule has 0 saturated carbocycles. The fraction of sp³-hybridized carbons (Fsp3) is 0.500. The number of morpholine rings is 1. The molecule has 0 aliphatic carbocycles. The molecule has 0 aromatic carbocycles. The quantitative estimate of drug-likeness (QED) is 0.853. The molecule has 0 spiro atoms. The highest BCUT2D eigenvalue weighted by Crippen LogP contribution is 2.29. The van der Waals surface area contributed by atoms with Crippen LogP contribution >= 0.6 is 0 Å². The topological polar surface area (TPSA) is 118 Å². The van der Waals surface area contributed by atoms with E-state index in [0.29, 0.717) is 31.0 Å². The maximum atomic E-state index is 12.7. The van der Waals surface area contributed by atoms with Crippen molar-refractivity contribution in [1.82, 2.24) is 20.3 Å². The van der Waals surface area contributed by atoms with E-state index in [1.54, 1.807) is 6.07 Å². The molecule has 24 heavy (non-hydrogen) atoms. The summed E-state index contributed by atoms with van der Waals surface area (Å²) in [5.74, 6) is -0.233. The summed E-state index contributed by atoms with van der Waals surface area (Å²) in [5, 5.41) is 10.3. The Morgan fingerprint density at radius 3 is 2.96 bits per heavy atom. The van der Waals surface area contributed by atoms with Gasteiger partial charge in [-0.1, -0.05) is 12.1 Å². The number of hydrogen-bond acceptors (Lipinski definition) is 7. The van der Waals surface area contributed by atoms with E-state index in [1.807, 2.05) is 6.92 Å². The van der Waals surface area contributed by atoms with Crippen molar-refractivity contribution in [1.29, 1.82) is 0 Å². The number of H-pyrrole nitrogens is 1. The van der Waals surface area contributed by atoms with Gasteiger partial charge in [-0.15, -0.1) is 0 Å². The number of sulfone groups is 1. The van der Waals surface area contributed by atoms with Crippen LogP contribution in [0, 0.1) is 0 Å². The van der Waals surface area contributed by atoms with Crippen LogP contribution in [0.2, 0.25) is 0 Å². The van der Waals surface area contributed by atoms with Crippen LogP contribution in [-0.4, -0.2) is 60.6 Å². The van der Waals surface area contributed by atoms with Crippen LogP contribution in [0.25, 0.3) is 0 Å². The smallest absolute Gasteiger partial charge is 0.293 e. The minimum Gasteiger partial charge on any atom is -0.377 e. The summed E-state index contributed by atoms with van der Waals surface area (Å²) in [6.45, 7) is 2.76. The Morgan fingerprint density at radius 2 is 2.29 bits per heavy atom. The van der Waals surface area contributed by atoms with Gasteiger partial charge in [-0.2, -0.15) is 5.10 Å². The van der Waals surface area contributed by atoms with Gasteiger partial charge < -0.3 is 14.2 Å². The number of hydrogen-bond donors (Lipinski definition) is 1. The zero-order valence-corrected chi connectivity index (χ0v) is 14.2. The van der Waals surface area contributed by atoms with Crippen molar-refractivity contribution in [3.05, 3.63) is 29.4 Å². The van der Waals surface area contributed by atoms with Crippen molar-refractivity contribution in [3.8, 4) is 0 Å². The molecule has 1 N–H and O–H groups in total. The van der Waals surface area contributed by atoms with Crippen LogP contribution in [0.3, 0.4) is 0 Å². The number of aromatic amines is 1. The Balaban J connectivity index is 1.94. The number of aromatic nitrogens is 3. The van der Waals surface area contributed by atoms with Crippen LogP contribution in [0.1, 0.15) is 34.9 Å². The highest BCUT2D eigenvalue weighted by Gasteiger charge is 2.35. The summed E-state index contributed by atoms with van der Waals surface area (Å²) in [6.07, 6.45) is 2.99. The van der Waals surface area contributed by atoms with Gasteiger partial charge in [0.1, 0.15) is 4.90 Å². The van der Waals surface area contributed by atoms with Crippen LogP contribution in [-0.2, 0) is 21.0 Å². The third kappa shape index (κ3) is 3.06. The zero-order chi connectivity index (χ0) is 17.3. The van der Waals surface area contributed by atoms with E-state index in [4.69, 9.17) is 9.26 Å². The largest absolute Gasteiger partial charge is 0.377 e. The third-order valence-electron chi connectivity index (χ3n) is 3.89. The summed E-state index contributed by atoms with van der Waals surface area (Å²) >= 11 is 0. The monoisotopic (exact) mass is 354 g/mol. The molecule has 0 bridgehead atoms. The summed E-state index contributed by atoms with van der Waals surface area (Å²) in [6, 6.07) is 1.01. The highest BCUT2D eigenvalue weighted by molar-refractivity contribution is 7.90. The second-order valence-corrected chi connectivity index (χ2v) is 7.53. The van der Waals surface area contributed by atoms with Crippen LogP contribution in [0.15, 0.2) is 21.7 Å². The van der Waals surface area contributed by atoms with Crippen molar-refractivity contribution < 1.29 is 22.5 Å². The molecule has 1 amide bonds. The average Bonchev–Trinajstić information content (AvgIpc) is 3.22. The lowest BCUT2D eigenvalue weighted by Crippen LogP contribution is -2.43. The molecule has 9 nitrogen and oxygen atoms in total. The van der Waals surface area contributed by atoms with Crippen LogP contribution in [0.5, 0.6) is 0 Å². The summed E-state index contributed by atoms with van der Waals surface area (Å²) in [5.41, 5.74) is 1.02. The van der Waals surface area contributed by atoms with Crippen molar-refractivity contribution in [2.45, 2.75) is 24.3 Å². The first-order valence-corrected chi connectivity index (χ1v) is 9.38. The number of nitrogens with one attached hydrogen (secondary N) is 1. The highest BCUT2D eigenvalue weighted by atomic mass is 32.2. The first-order chi connectivity index (χ1) is 11.4. The van der Waals surface area contributed by atoms with Crippen molar-refractivity contribution in [3.63, 3.8) is 0 Å². The number of nitrogens with zero attached hydrogens (tertiary/aromatic N) is 3. The molecule has 130 valence electrons. The molecule has 10 heteroatoms. The summed E-state index contributed by atoms with van der Waals surface area (Å²) < 4.78 is 34.4. The second-order valence-electron chi connectivity index (χ2n) is 5.55. The van der Waals surface area contributed by atoms with Gasteiger partial charge in [-0.25, -0.2) is 8.42 Å². The zero-order valence-electron chi connectivity index (χ0n) is 13.4. The Hall–Kier alpha value is -2.20. The second kappa shape index (κ2) is 6.36. The lowest BCUT2D eigenvalue weighted by atomic mass is 10.1. The number of carbonyl (C=O) groups excluding carboxylic acids is 1. The van der Waals surface area contributed by atoms with Crippen molar-refractivity contribution in [2.24, 2.45) is 0 Å². The molecular weight excluding hydrogens is 336 g/mol. The number of rotatable bonds is 4. The fourth-order valence-corrected chi connectivity index (χ4v) is 3.45. The normalized spacial score (nSPS) is 18.8. The Labute approximate surface area is 138 Å². The third-order valence-corrected chi connectivity index (χ3v) is 5.01. The minimum atomic E-state index is -3.48. The summed E-state index contributed by atoms with van der Waals surface area (Å²) in [4.78, 5) is 14.3. The van der Waals surface area contributed by atoms with Gasteiger partial charge in [0, 0.05) is 18.9 Å². The predicted molar refractivity (Wildman–Crippen MR) is 82.2 cm³/mol. The lowest BCUT2D eigenvalue weighted by Gasteiger charge is -2.34. The van der Waals surface area contributed by atoms with Gasteiger partial charge in [-0.3, -0.25) is 9.89 Å². The first kappa shape index (κ1) is 16.7. The van der Waals surface area contributed by atoms with Gasteiger partial charge in [0.2, 0.25) is 5.76 Å². The van der Waals surface area contributed by atoms with E-state index in [1.165, 1.54) is 11.1 Å². The molecule has 1 fully saturated rings. The molecule has 2 aromatic heterocycles. The van der Waals surface area contributed by atoms with Crippen molar-refractivity contribution in [2.75, 3.05) is 26.0 Å². The molecule has 2 aromatic rings. The van der Waals surface area contributed by atoms with Gasteiger partial charge in [0.25, 0.3) is 5.91 Å². The predicted octanol–water partition coefficient (Wildman–Crippen LogP) is 0.577. The van der Waals surface area contributed by atoms with Gasteiger partial charge >= 0.3 is 0 Å². The van der Waals surface area contributed by atoms with E-state index in [0.717, 1.165) is 6.26 Å². The van der Waals surface area contributed by atoms with E-state index in [-0.39, 0.29) is 23.2 Å². The molecule has 0 radical (unpaired) electrons.